The van der Waals surface area contributed by atoms with E-state index in [9.17, 15) is 0 Å². The zero-order valence-corrected chi connectivity index (χ0v) is 6.98. The summed E-state index contributed by atoms with van der Waals surface area (Å²) < 4.78 is 4.03. The maximum Gasteiger partial charge on any atom is 0.258 e. The lowest BCUT2D eigenvalue weighted by atomic mass is 10.4. The summed E-state index contributed by atoms with van der Waals surface area (Å²) in [5.41, 5.74) is -0.526. The van der Waals surface area contributed by atoms with E-state index in [0.717, 1.165) is 0 Å². The van der Waals surface area contributed by atoms with Gasteiger partial charge in [0.15, 0.2) is 0 Å². The van der Waals surface area contributed by atoms with Crippen molar-refractivity contribution in [3.8, 4) is 0 Å². The highest BCUT2D eigenvalue weighted by Crippen LogP contribution is 2.08. The molecule has 0 aromatic heterocycles. The van der Waals surface area contributed by atoms with Gasteiger partial charge in [-0.25, -0.2) is 0 Å². The van der Waals surface area contributed by atoms with Gasteiger partial charge in [0, 0.05) is 13.8 Å². The van der Waals surface area contributed by atoms with Gasteiger partial charge in [0.05, 0.1) is 0 Å². The van der Waals surface area contributed by atoms with E-state index in [2.05, 4.69) is 8.08 Å². The molecule has 0 unspecified atom stereocenters. The van der Waals surface area contributed by atoms with Crippen LogP contribution < -0.4 is 0 Å². The van der Waals surface area contributed by atoms with Gasteiger partial charge in [-0.1, -0.05) is 0 Å². The number of halogens is 1. The number of nitrogens with zero attached hydrogens (tertiary/aromatic N) is 1. The molecule has 7 heavy (non-hydrogen) atoms. The van der Waals surface area contributed by atoms with E-state index < -0.39 is 5.72 Å². The predicted molar refractivity (Wildman–Crippen MR) is 40.1 cm³/mol. The molecule has 3 heteroatoms. The zero-order valence-electron chi connectivity index (χ0n) is 4.83. The summed E-state index contributed by atoms with van der Waals surface area (Å²) in [4.78, 5) is 2.05. The molecule has 0 saturated heterocycles. The van der Waals surface area contributed by atoms with Crippen molar-refractivity contribution < 1.29 is 5.11 Å². The van der Waals surface area contributed by atoms with Gasteiger partial charge in [-0.3, -0.25) is 0 Å². The number of hydrogen-bond acceptors (Lipinski definition) is 1. The smallest absolute Gasteiger partial charge is 0.258 e. The maximum absolute atomic E-state index is 7.19. The first kappa shape index (κ1) is 7.49. The second-order valence-electron chi connectivity index (χ2n) is 1.81. The Morgan fingerprint density at radius 3 is 2.00 bits per heavy atom. The number of hydrogen-bond donors (Lipinski definition) is 0. The minimum absolute atomic E-state index is 0.0449. The standard InChI is InChI=1S/C4H10INO/c1-4(2,7)6-5-3/h7H,1-3H3/p+1. The second-order valence-corrected chi connectivity index (χ2v) is 3.26. The van der Waals surface area contributed by atoms with Crippen LogP contribution in [-0.4, -0.2) is 15.8 Å². The average Bonchev–Trinajstić information content (AvgIpc) is 1.30. The molecule has 0 spiro atoms. The van der Waals surface area contributed by atoms with Crippen molar-refractivity contribution in [3.63, 3.8) is 0 Å². The van der Waals surface area contributed by atoms with Gasteiger partial charge in [-0.15, -0.1) is 0 Å². The molecule has 2 nitrogen and oxygen atoms in total. The predicted octanol–water partition coefficient (Wildman–Crippen LogP) is 1.23. The highest BCUT2D eigenvalue weighted by Gasteiger charge is 2.12. The Labute approximate surface area is 54.1 Å². The minimum atomic E-state index is -0.526. The molecule has 0 aromatic carbocycles. The van der Waals surface area contributed by atoms with E-state index in [1.54, 1.807) is 13.8 Å². The summed E-state index contributed by atoms with van der Waals surface area (Å²) in [5.74, 6) is 0. The van der Waals surface area contributed by atoms with Crippen LogP contribution in [0.5, 0.6) is 0 Å². The molecule has 0 aliphatic rings. The summed E-state index contributed by atoms with van der Waals surface area (Å²) in [7, 11) is 0. The Morgan fingerprint density at radius 1 is 1.57 bits per heavy atom. The molecule has 0 bridgehead atoms. The first-order valence-corrected chi connectivity index (χ1v) is 5.14. The van der Waals surface area contributed by atoms with Crippen LogP contribution in [-0.2, 0) is 0 Å². The van der Waals surface area contributed by atoms with E-state index in [0.29, 0.717) is 0 Å². The Kier molecular flexibility index (Phi) is 2.90. The van der Waals surface area contributed by atoms with E-state index in [1.165, 1.54) is 0 Å². The SMILES string of the molecule is CI=NC(C)(C)[OH2+]. The monoisotopic (exact) mass is 216 g/mol. The fourth-order valence-electron chi connectivity index (χ4n) is 0.211. The lowest BCUT2D eigenvalue weighted by Crippen LogP contribution is -2.11. The fourth-order valence-corrected chi connectivity index (χ4v) is 1.42. The van der Waals surface area contributed by atoms with Crippen molar-refractivity contribution in [1.29, 1.82) is 0 Å². The van der Waals surface area contributed by atoms with Crippen LogP contribution in [0.3, 0.4) is 0 Å². The fraction of sp³-hybridized carbons (Fsp3) is 1.00. The number of rotatable bonds is 1. The van der Waals surface area contributed by atoms with Crippen molar-refractivity contribution in [2.45, 2.75) is 19.6 Å². The van der Waals surface area contributed by atoms with Gasteiger partial charge in [-0.05, 0) is 26.0 Å². The summed E-state index contributed by atoms with van der Waals surface area (Å²) in [6.07, 6.45) is 0. The van der Waals surface area contributed by atoms with Crippen LogP contribution >= 0.6 is 21.0 Å². The summed E-state index contributed by atoms with van der Waals surface area (Å²) >= 11 is -0.0449. The maximum atomic E-state index is 7.19. The van der Waals surface area contributed by atoms with Crippen LogP contribution in [0, 0.1) is 0 Å². The highest BCUT2D eigenvalue weighted by atomic mass is 127. The van der Waals surface area contributed by atoms with E-state index >= 15 is 0 Å². The quantitative estimate of drug-likeness (QED) is 0.359. The topological polar surface area (TPSA) is 35.3 Å². The number of alkyl halides is 1. The van der Waals surface area contributed by atoms with Crippen molar-refractivity contribution in [2.24, 2.45) is 3.15 Å². The molecule has 0 atom stereocenters. The normalized spacial score (nSPS) is 14.3. The van der Waals surface area contributed by atoms with Gasteiger partial charge in [-0.2, -0.15) is 3.15 Å². The Morgan fingerprint density at radius 2 is 2.00 bits per heavy atom. The van der Waals surface area contributed by atoms with Crippen LogP contribution in [0.1, 0.15) is 13.8 Å². The molecule has 2 N–H and O–H groups in total. The van der Waals surface area contributed by atoms with E-state index in [1.807, 2.05) is 0 Å². The molecule has 0 aromatic rings. The first-order valence-electron chi connectivity index (χ1n) is 2.02. The van der Waals surface area contributed by atoms with Gasteiger partial charge in [0.2, 0.25) is 0 Å². The van der Waals surface area contributed by atoms with Crippen LogP contribution in [0.15, 0.2) is 3.15 Å². The Bertz CT molecular complexity index is 74.2. The Balaban J connectivity index is 3.56. The first-order chi connectivity index (χ1) is 3.06. The van der Waals surface area contributed by atoms with Gasteiger partial charge < -0.3 is 5.11 Å². The highest BCUT2D eigenvalue weighted by molar-refractivity contribution is 14.2. The van der Waals surface area contributed by atoms with Crippen LogP contribution in [0.2, 0.25) is 0 Å². The van der Waals surface area contributed by atoms with E-state index in [4.69, 9.17) is 5.11 Å². The Hall–Kier alpha value is 0.490. The molecule has 44 valence electrons. The van der Waals surface area contributed by atoms with Crippen molar-refractivity contribution in [1.82, 2.24) is 0 Å². The second kappa shape index (κ2) is 2.71. The molecular formula is C4H11INO+. The van der Waals surface area contributed by atoms with Gasteiger partial charge in [0.25, 0.3) is 5.72 Å². The summed E-state index contributed by atoms with van der Waals surface area (Å²) in [6, 6.07) is 0. The molecule has 0 radical (unpaired) electrons. The third kappa shape index (κ3) is 6.49. The van der Waals surface area contributed by atoms with Crippen molar-refractivity contribution in [2.75, 3.05) is 4.93 Å². The zero-order chi connectivity index (χ0) is 5.91. The molecule has 0 heterocycles. The minimum Gasteiger partial charge on any atom is -0.423 e. The van der Waals surface area contributed by atoms with Gasteiger partial charge >= 0.3 is 0 Å². The largest absolute Gasteiger partial charge is 0.423 e. The van der Waals surface area contributed by atoms with E-state index in [-0.39, 0.29) is 21.0 Å². The summed E-state index contributed by atoms with van der Waals surface area (Å²) in [5, 5.41) is 7.19. The molecule has 0 amide bonds. The third-order valence-electron chi connectivity index (χ3n) is 0.296. The van der Waals surface area contributed by atoms with Crippen molar-refractivity contribution >= 4 is 21.0 Å². The molecular weight excluding hydrogens is 205 g/mol. The summed E-state index contributed by atoms with van der Waals surface area (Å²) in [6.45, 7) is 3.60. The van der Waals surface area contributed by atoms with Gasteiger partial charge in [0.1, 0.15) is 0 Å². The van der Waals surface area contributed by atoms with Crippen molar-refractivity contribution in [3.05, 3.63) is 0 Å². The molecule has 0 saturated carbocycles. The molecule has 0 aliphatic carbocycles. The molecule has 0 rings (SSSR count). The van der Waals surface area contributed by atoms with Crippen LogP contribution in [0.25, 0.3) is 0 Å². The average molecular weight is 216 g/mol. The third-order valence-corrected chi connectivity index (χ3v) is 1.98. The molecule has 0 fully saturated rings. The van der Waals surface area contributed by atoms with Crippen LogP contribution in [0.4, 0.5) is 0 Å². The lowest BCUT2D eigenvalue weighted by Gasteiger charge is -2.01. The lowest BCUT2D eigenvalue weighted by molar-refractivity contribution is 0.0957. The molecule has 0 aliphatic heterocycles.